The third-order valence-electron chi connectivity index (χ3n) is 2.12. The van der Waals surface area contributed by atoms with Crippen molar-refractivity contribution in [1.82, 2.24) is 0 Å². The van der Waals surface area contributed by atoms with Gasteiger partial charge in [0.05, 0.1) is 6.10 Å². The molecule has 0 saturated carbocycles. The second-order valence-electron chi connectivity index (χ2n) is 3.56. The molecule has 0 aliphatic carbocycles. The number of hydrogen-bond donors (Lipinski definition) is 1. The van der Waals surface area contributed by atoms with E-state index in [1.54, 1.807) is 6.29 Å². The van der Waals surface area contributed by atoms with E-state index in [0.29, 0.717) is 6.42 Å². The summed E-state index contributed by atoms with van der Waals surface area (Å²) in [5.41, 5.74) is 0. The summed E-state index contributed by atoms with van der Waals surface area (Å²) in [7, 11) is 0. The third kappa shape index (κ3) is 9.46. The van der Waals surface area contributed by atoms with Crippen LogP contribution >= 0.6 is 0 Å². The lowest BCUT2D eigenvalue weighted by Crippen LogP contribution is -2.04. The highest BCUT2D eigenvalue weighted by molar-refractivity contribution is 5.51. The van der Waals surface area contributed by atoms with Gasteiger partial charge in [-0.1, -0.05) is 38.3 Å². The van der Waals surface area contributed by atoms with Crippen molar-refractivity contribution in [1.29, 1.82) is 0 Å². The number of carbonyl (C=O) groups excluding carboxylic acids is 1. The van der Waals surface area contributed by atoms with Gasteiger partial charge in [0.2, 0.25) is 6.29 Å². The molecule has 0 saturated heterocycles. The number of allylic oxidation sites excluding steroid dienone is 1. The molecule has 0 aliphatic heterocycles. The zero-order valence-corrected chi connectivity index (χ0v) is 9.04. The molecule has 81 valence electrons. The van der Waals surface area contributed by atoms with Crippen molar-refractivity contribution in [3.63, 3.8) is 0 Å². The Morgan fingerprint density at radius 2 is 2.07 bits per heavy atom. The van der Waals surface area contributed by atoms with Crippen molar-refractivity contribution in [2.45, 2.75) is 58.0 Å². The van der Waals surface area contributed by atoms with Gasteiger partial charge in [0.25, 0.3) is 0 Å². The predicted molar refractivity (Wildman–Crippen MR) is 58.8 cm³/mol. The van der Waals surface area contributed by atoms with Crippen LogP contribution in [0.4, 0.5) is 0 Å². The molecule has 0 amide bonds. The SMILES string of the molecule is CCCCCC/C=C/CC(O)C[C]=O. The second-order valence-corrected chi connectivity index (χ2v) is 3.56. The second kappa shape index (κ2) is 10.5. The molecular formula is C12H21O2. The maximum absolute atomic E-state index is 9.91. The Morgan fingerprint density at radius 3 is 2.71 bits per heavy atom. The molecule has 1 unspecified atom stereocenters. The molecular weight excluding hydrogens is 176 g/mol. The van der Waals surface area contributed by atoms with Gasteiger partial charge in [-0.3, -0.25) is 4.79 Å². The van der Waals surface area contributed by atoms with Crippen molar-refractivity contribution in [2.75, 3.05) is 0 Å². The van der Waals surface area contributed by atoms with Gasteiger partial charge in [-0.15, -0.1) is 0 Å². The Morgan fingerprint density at radius 1 is 1.29 bits per heavy atom. The zero-order chi connectivity index (χ0) is 10.6. The molecule has 0 aromatic heterocycles. The molecule has 1 N–H and O–H groups in total. The average molecular weight is 197 g/mol. The van der Waals surface area contributed by atoms with E-state index in [9.17, 15) is 9.90 Å². The summed E-state index contributed by atoms with van der Waals surface area (Å²) in [4.78, 5) is 9.91. The maximum atomic E-state index is 9.91. The van der Waals surface area contributed by atoms with Crippen molar-refractivity contribution in [2.24, 2.45) is 0 Å². The zero-order valence-electron chi connectivity index (χ0n) is 9.04. The lowest BCUT2D eigenvalue weighted by Gasteiger charge is -2.00. The summed E-state index contributed by atoms with van der Waals surface area (Å²) in [6, 6.07) is 0. The lowest BCUT2D eigenvalue weighted by atomic mass is 10.1. The normalized spacial score (nSPS) is 13.3. The first-order valence-electron chi connectivity index (χ1n) is 5.49. The summed E-state index contributed by atoms with van der Waals surface area (Å²) in [6.45, 7) is 2.20. The molecule has 0 bridgehead atoms. The molecule has 0 rings (SSSR count). The monoisotopic (exact) mass is 197 g/mol. The van der Waals surface area contributed by atoms with Gasteiger partial charge in [-0.05, 0) is 19.3 Å². The fourth-order valence-electron chi connectivity index (χ4n) is 1.24. The Labute approximate surface area is 87.0 Å². The smallest absolute Gasteiger partial charge is 0.201 e. The van der Waals surface area contributed by atoms with E-state index in [1.807, 2.05) is 6.08 Å². The molecule has 2 nitrogen and oxygen atoms in total. The minimum atomic E-state index is -0.542. The van der Waals surface area contributed by atoms with Crippen molar-refractivity contribution >= 4 is 6.29 Å². The number of rotatable bonds is 9. The molecule has 0 heterocycles. The number of aliphatic hydroxyl groups is 1. The predicted octanol–water partition coefficient (Wildman–Crippen LogP) is 2.76. The van der Waals surface area contributed by atoms with Gasteiger partial charge in [0, 0.05) is 6.42 Å². The van der Waals surface area contributed by atoms with Crippen LogP contribution in [-0.2, 0) is 4.79 Å². The molecule has 0 fully saturated rings. The molecule has 1 radical (unpaired) electrons. The molecule has 0 aliphatic rings. The van der Waals surface area contributed by atoms with Crippen molar-refractivity contribution in [3.8, 4) is 0 Å². The van der Waals surface area contributed by atoms with Crippen LogP contribution in [0.25, 0.3) is 0 Å². The molecule has 0 aromatic rings. The third-order valence-corrected chi connectivity index (χ3v) is 2.12. The van der Waals surface area contributed by atoms with Crippen molar-refractivity contribution in [3.05, 3.63) is 12.2 Å². The highest BCUT2D eigenvalue weighted by Crippen LogP contribution is 2.04. The highest BCUT2D eigenvalue weighted by Gasteiger charge is 1.98. The lowest BCUT2D eigenvalue weighted by molar-refractivity contribution is 0.184. The van der Waals surface area contributed by atoms with Crippen LogP contribution in [0.3, 0.4) is 0 Å². The quantitative estimate of drug-likeness (QED) is 0.456. The van der Waals surface area contributed by atoms with E-state index in [4.69, 9.17) is 0 Å². The molecule has 2 heteroatoms. The van der Waals surface area contributed by atoms with E-state index < -0.39 is 6.10 Å². The molecule has 1 atom stereocenters. The van der Waals surface area contributed by atoms with Crippen LogP contribution in [0, 0.1) is 0 Å². The Hall–Kier alpha value is -0.630. The minimum absolute atomic E-state index is 0.125. The fraction of sp³-hybridized carbons (Fsp3) is 0.750. The Bertz CT molecular complexity index is 152. The van der Waals surface area contributed by atoms with Gasteiger partial charge >= 0.3 is 0 Å². The van der Waals surface area contributed by atoms with E-state index in [2.05, 4.69) is 13.0 Å². The van der Waals surface area contributed by atoms with Gasteiger partial charge in [0.1, 0.15) is 0 Å². The number of hydrogen-bond acceptors (Lipinski definition) is 2. The van der Waals surface area contributed by atoms with Crippen LogP contribution in [0.5, 0.6) is 0 Å². The highest BCUT2D eigenvalue weighted by atomic mass is 16.3. The number of aliphatic hydroxyl groups excluding tert-OH is 1. The molecule has 14 heavy (non-hydrogen) atoms. The first kappa shape index (κ1) is 13.4. The largest absolute Gasteiger partial charge is 0.392 e. The van der Waals surface area contributed by atoms with Crippen LogP contribution in [0.1, 0.15) is 51.9 Å². The van der Waals surface area contributed by atoms with Crippen LogP contribution < -0.4 is 0 Å². The van der Waals surface area contributed by atoms with Gasteiger partial charge in [-0.2, -0.15) is 0 Å². The topological polar surface area (TPSA) is 37.3 Å². The first-order chi connectivity index (χ1) is 6.81. The van der Waals surface area contributed by atoms with Gasteiger partial charge in [-0.25, -0.2) is 0 Å². The Balaban J connectivity index is 3.22. The average Bonchev–Trinajstić information content (AvgIpc) is 2.17. The minimum Gasteiger partial charge on any atom is -0.392 e. The van der Waals surface area contributed by atoms with E-state index in [0.717, 1.165) is 6.42 Å². The van der Waals surface area contributed by atoms with Crippen LogP contribution in [0.2, 0.25) is 0 Å². The molecule has 0 aromatic carbocycles. The summed E-state index contributed by atoms with van der Waals surface area (Å²) >= 11 is 0. The first-order valence-corrected chi connectivity index (χ1v) is 5.49. The van der Waals surface area contributed by atoms with E-state index in [-0.39, 0.29) is 6.42 Å². The molecule has 0 spiro atoms. The van der Waals surface area contributed by atoms with Gasteiger partial charge in [0.15, 0.2) is 0 Å². The summed E-state index contributed by atoms with van der Waals surface area (Å²) in [6.07, 6.45) is 12.0. The summed E-state index contributed by atoms with van der Waals surface area (Å²) < 4.78 is 0. The summed E-state index contributed by atoms with van der Waals surface area (Å²) in [5.74, 6) is 0. The maximum Gasteiger partial charge on any atom is 0.201 e. The number of unbranched alkanes of at least 4 members (excludes halogenated alkanes) is 4. The Kier molecular flexibility index (Phi) is 9.98. The van der Waals surface area contributed by atoms with Gasteiger partial charge < -0.3 is 5.11 Å². The van der Waals surface area contributed by atoms with Crippen LogP contribution in [-0.4, -0.2) is 17.5 Å². The van der Waals surface area contributed by atoms with E-state index >= 15 is 0 Å². The van der Waals surface area contributed by atoms with Crippen molar-refractivity contribution < 1.29 is 9.90 Å². The fourth-order valence-corrected chi connectivity index (χ4v) is 1.24. The van der Waals surface area contributed by atoms with Crippen LogP contribution in [0.15, 0.2) is 12.2 Å². The van der Waals surface area contributed by atoms with E-state index in [1.165, 1.54) is 25.7 Å². The summed E-state index contributed by atoms with van der Waals surface area (Å²) in [5, 5.41) is 9.18. The standard InChI is InChI=1S/C12H21O2/c1-2-3-4-5-6-7-8-9-12(14)10-11-13/h7-8,12,14H,2-6,9-10H2,1H3/b8-7+.